The maximum Gasteiger partial charge on any atom is 0.160 e. The fourth-order valence-electron chi connectivity index (χ4n) is 1.95. The monoisotopic (exact) mass is 287 g/mol. The number of ether oxygens (including phenoxy) is 2. The SMILES string of the molecule is CCCOc1cccc(NCc2ccc(O)c(OC)c2)c1. The summed E-state index contributed by atoms with van der Waals surface area (Å²) in [6.45, 7) is 3.45. The Balaban J connectivity index is 1.99. The number of methoxy groups -OCH3 is 1. The zero-order valence-corrected chi connectivity index (χ0v) is 12.4. The van der Waals surface area contributed by atoms with Gasteiger partial charge in [0.25, 0.3) is 0 Å². The minimum absolute atomic E-state index is 0.149. The summed E-state index contributed by atoms with van der Waals surface area (Å²) in [5.74, 6) is 1.50. The standard InChI is InChI=1S/C17H21NO3/c1-3-9-21-15-6-4-5-14(11-15)18-12-13-7-8-16(19)17(10-13)20-2/h4-8,10-11,18-19H,3,9,12H2,1-2H3. The molecule has 0 aliphatic rings. The van der Waals surface area contributed by atoms with Gasteiger partial charge in [-0.25, -0.2) is 0 Å². The lowest BCUT2D eigenvalue weighted by atomic mass is 10.2. The number of hydrogen-bond donors (Lipinski definition) is 2. The van der Waals surface area contributed by atoms with Gasteiger partial charge in [-0.3, -0.25) is 0 Å². The third kappa shape index (κ3) is 4.31. The van der Waals surface area contributed by atoms with E-state index in [0.29, 0.717) is 12.3 Å². The van der Waals surface area contributed by atoms with Crippen LogP contribution in [0.5, 0.6) is 17.2 Å². The van der Waals surface area contributed by atoms with E-state index in [1.54, 1.807) is 13.2 Å². The highest BCUT2D eigenvalue weighted by Gasteiger charge is 2.03. The molecule has 0 atom stereocenters. The Labute approximate surface area is 125 Å². The highest BCUT2D eigenvalue weighted by molar-refractivity contribution is 5.49. The van der Waals surface area contributed by atoms with Crippen LogP contribution >= 0.6 is 0 Å². The van der Waals surface area contributed by atoms with Crippen LogP contribution in [0.3, 0.4) is 0 Å². The lowest BCUT2D eigenvalue weighted by Gasteiger charge is -2.11. The van der Waals surface area contributed by atoms with Crippen molar-refractivity contribution in [2.75, 3.05) is 19.0 Å². The van der Waals surface area contributed by atoms with Crippen LogP contribution in [0.1, 0.15) is 18.9 Å². The molecule has 0 fully saturated rings. The average molecular weight is 287 g/mol. The van der Waals surface area contributed by atoms with Crippen molar-refractivity contribution >= 4 is 5.69 Å². The first-order valence-electron chi connectivity index (χ1n) is 7.05. The van der Waals surface area contributed by atoms with E-state index in [-0.39, 0.29) is 5.75 Å². The van der Waals surface area contributed by atoms with Gasteiger partial charge in [0.1, 0.15) is 5.75 Å². The van der Waals surface area contributed by atoms with Crippen molar-refractivity contribution in [3.8, 4) is 17.2 Å². The van der Waals surface area contributed by atoms with Gasteiger partial charge in [0.2, 0.25) is 0 Å². The van der Waals surface area contributed by atoms with Crippen LogP contribution in [0.2, 0.25) is 0 Å². The summed E-state index contributed by atoms with van der Waals surface area (Å²) >= 11 is 0. The van der Waals surface area contributed by atoms with Gasteiger partial charge in [-0.05, 0) is 36.2 Å². The summed E-state index contributed by atoms with van der Waals surface area (Å²) in [6.07, 6.45) is 0.991. The Kier molecular flexibility index (Phi) is 5.32. The first kappa shape index (κ1) is 15.0. The zero-order valence-electron chi connectivity index (χ0n) is 12.4. The Morgan fingerprint density at radius 3 is 2.76 bits per heavy atom. The summed E-state index contributed by atoms with van der Waals surface area (Å²) in [5.41, 5.74) is 2.03. The van der Waals surface area contributed by atoms with E-state index in [2.05, 4.69) is 12.2 Å². The third-order valence-electron chi connectivity index (χ3n) is 3.05. The normalized spacial score (nSPS) is 10.2. The van der Waals surface area contributed by atoms with Gasteiger partial charge < -0.3 is 19.9 Å². The molecule has 0 bridgehead atoms. The van der Waals surface area contributed by atoms with Crippen LogP contribution in [0.15, 0.2) is 42.5 Å². The number of anilines is 1. The summed E-state index contributed by atoms with van der Waals surface area (Å²) < 4.78 is 10.7. The van der Waals surface area contributed by atoms with Crippen LogP contribution in [-0.4, -0.2) is 18.8 Å². The molecule has 4 nitrogen and oxygen atoms in total. The van der Waals surface area contributed by atoms with Crippen molar-refractivity contribution in [2.45, 2.75) is 19.9 Å². The smallest absolute Gasteiger partial charge is 0.160 e. The van der Waals surface area contributed by atoms with Crippen LogP contribution in [0.4, 0.5) is 5.69 Å². The fraction of sp³-hybridized carbons (Fsp3) is 0.294. The molecular weight excluding hydrogens is 266 g/mol. The number of rotatable bonds is 7. The first-order valence-corrected chi connectivity index (χ1v) is 7.05. The highest BCUT2D eigenvalue weighted by atomic mass is 16.5. The second-order valence-electron chi connectivity index (χ2n) is 4.74. The summed E-state index contributed by atoms with van der Waals surface area (Å²) in [5, 5.41) is 12.9. The Morgan fingerprint density at radius 1 is 1.14 bits per heavy atom. The topological polar surface area (TPSA) is 50.7 Å². The molecule has 0 radical (unpaired) electrons. The molecule has 21 heavy (non-hydrogen) atoms. The van der Waals surface area contributed by atoms with Gasteiger partial charge in [0, 0.05) is 18.3 Å². The van der Waals surface area contributed by atoms with Gasteiger partial charge in [-0.1, -0.05) is 19.1 Å². The number of hydrogen-bond acceptors (Lipinski definition) is 4. The number of phenols is 1. The molecule has 112 valence electrons. The Hall–Kier alpha value is -2.36. The van der Waals surface area contributed by atoms with E-state index >= 15 is 0 Å². The average Bonchev–Trinajstić information content (AvgIpc) is 2.52. The molecule has 0 saturated heterocycles. The highest BCUT2D eigenvalue weighted by Crippen LogP contribution is 2.26. The van der Waals surface area contributed by atoms with Crippen LogP contribution in [-0.2, 0) is 6.54 Å². The summed E-state index contributed by atoms with van der Waals surface area (Å²) in [4.78, 5) is 0. The van der Waals surface area contributed by atoms with E-state index in [0.717, 1.165) is 30.0 Å². The quantitative estimate of drug-likeness (QED) is 0.813. The minimum atomic E-state index is 0.149. The van der Waals surface area contributed by atoms with Crippen LogP contribution in [0.25, 0.3) is 0 Å². The van der Waals surface area contributed by atoms with Crippen molar-refractivity contribution < 1.29 is 14.6 Å². The molecule has 0 aliphatic heterocycles. The number of nitrogens with one attached hydrogen (secondary N) is 1. The van der Waals surface area contributed by atoms with Crippen molar-refractivity contribution in [1.82, 2.24) is 0 Å². The molecule has 0 heterocycles. The fourth-order valence-corrected chi connectivity index (χ4v) is 1.95. The number of aromatic hydroxyl groups is 1. The second-order valence-corrected chi connectivity index (χ2v) is 4.74. The van der Waals surface area contributed by atoms with E-state index in [1.807, 2.05) is 36.4 Å². The van der Waals surface area contributed by atoms with E-state index < -0.39 is 0 Å². The molecular formula is C17H21NO3. The Bertz CT molecular complexity index is 584. The van der Waals surface area contributed by atoms with Gasteiger partial charge >= 0.3 is 0 Å². The molecule has 4 heteroatoms. The maximum atomic E-state index is 9.58. The molecule has 2 aromatic carbocycles. The minimum Gasteiger partial charge on any atom is -0.504 e. The van der Waals surface area contributed by atoms with Gasteiger partial charge in [0.05, 0.1) is 13.7 Å². The first-order chi connectivity index (χ1) is 10.2. The van der Waals surface area contributed by atoms with Gasteiger partial charge in [-0.15, -0.1) is 0 Å². The van der Waals surface area contributed by atoms with Crippen LogP contribution < -0.4 is 14.8 Å². The molecule has 2 aromatic rings. The van der Waals surface area contributed by atoms with Crippen molar-refractivity contribution in [2.24, 2.45) is 0 Å². The molecule has 0 aromatic heterocycles. The van der Waals surface area contributed by atoms with Gasteiger partial charge in [0.15, 0.2) is 11.5 Å². The molecule has 0 amide bonds. The second kappa shape index (κ2) is 7.43. The molecule has 2 rings (SSSR count). The van der Waals surface area contributed by atoms with Crippen molar-refractivity contribution in [3.05, 3.63) is 48.0 Å². The molecule has 0 unspecified atom stereocenters. The predicted octanol–water partition coefficient (Wildman–Crippen LogP) is 3.80. The summed E-state index contributed by atoms with van der Waals surface area (Å²) in [7, 11) is 1.54. The van der Waals surface area contributed by atoms with Crippen LogP contribution in [0, 0.1) is 0 Å². The van der Waals surface area contributed by atoms with E-state index in [1.165, 1.54) is 0 Å². The summed E-state index contributed by atoms with van der Waals surface area (Å²) in [6, 6.07) is 13.2. The molecule has 0 aliphatic carbocycles. The third-order valence-corrected chi connectivity index (χ3v) is 3.05. The zero-order chi connectivity index (χ0) is 15.1. The lowest BCUT2D eigenvalue weighted by Crippen LogP contribution is -2.01. The van der Waals surface area contributed by atoms with E-state index in [4.69, 9.17) is 9.47 Å². The molecule has 0 saturated carbocycles. The van der Waals surface area contributed by atoms with E-state index in [9.17, 15) is 5.11 Å². The number of benzene rings is 2. The maximum absolute atomic E-state index is 9.58. The van der Waals surface area contributed by atoms with Crippen molar-refractivity contribution in [1.29, 1.82) is 0 Å². The van der Waals surface area contributed by atoms with Gasteiger partial charge in [-0.2, -0.15) is 0 Å². The number of phenolic OH excluding ortho intramolecular Hbond substituents is 1. The molecule has 0 spiro atoms. The molecule has 2 N–H and O–H groups in total. The largest absolute Gasteiger partial charge is 0.504 e. The van der Waals surface area contributed by atoms with Crippen molar-refractivity contribution in [3.63, 3.8) is 0 Å². The lowest BCUT2D eigenvalue weighted by molar-refractivity contribution is 0.317. The predicted molar refractivity (Wildman–Crippen MR) is 84.2 cm³/mol. The Morgan fingerprint density at radius 2 is 2.00 bits per heavy atom.